The Hall–Kier alpha value is -2.79. The number of aromatic nitrogens is 1. The number of hydrogen-bond donors (Lipinski definition) is 2. The highest BCUT2D eigenvalue weighted by molar-refractivity contribution is 6.34. The van der Waals surface area contributed by atoms with Gasteiger partial charge in [0.1, 0.15) is 11.3 Å². The lowest BCUT2D eigenvalue weighted by Crippen LogP contribution is -2.31. The van der Waals surface area contributed by atoms with Crippen molar-refractivity contribution >= 4 is 34.1 Å². The minimum absolute atomic E-state index is 0.258. The standard InChI is InChI=1S/C19H15ClN2O3/c20-13-8-1-2-9-14(13)21-18(24)15-17(23)12-7-3-5-11-6-4-10-22(16(11)12)19(15)25/h1-3,5,7-9,23H,4,6,10H2,(H,21,24). The maximum absolute atomic E-state index is 12.8. The van der Waals surface area contributed by atoms with Crippen LogP contribution in [-0.4, -0.2) is 15.6 Å². The Morgan fingerprint density at radius 1 is 1.16 bits per heavy atom. The summed E-state index contributed by atoms with van der Waals surface area (Å²) in [5.41, 5.74) is 1.37. The number of carbonyl (C=O) groups is 1. The first-order valence-corrected chi connectivity index (χ1v) is 8.39. The number of hydrogen-bond acceptors (Lipinski definition) is 3. The van der Waals surface area contributed by atoms with E-state index in [2.05, 4.69) is 5.32 Å². The zero-order valence-corrected chi connectivity index (χ0v) is 14.0. The van der Waals surface area contributed by atoms with Crippen molar-refractivity contribution in [3.05, 3.63) is 69.0 Å². The minimum atomic E-state index is -0.669. The van der Waals surface area contributed by atoms with Gasteiger partial charge >= 0.3 is 0 Å². The molecule has 3 aromatic rings. The summed E-state index contributed by atoms with van der Waals surface area (Å²) in [6, 6.07) is 12.2. The number of aryl methyl sites for hydroxylation is 2. The highest BCUT2D eigenvalue weighted by Crippen LogP contribution is 2.32. The predicted molar refractivity (Wildman–Crippen MR) is 97.6 cm³/mol. The van der Waals surface area contributed by atoms with Gasteiger partial charge in [0.15, 0.2) is 0 Å². The Morgan fingerprint density at radius 2 is 1.96 bits per heavy atom. The zero-order valence-electron chi connectivity index (χ0n) is 13.3. The smallest absolute Gasteiger partial charge is 0.267 e. The van der Waals surface area contributed by atoms with Crippen LogP contribution in [-0.2, 0) is 13.0 Å². The lowest BCUT2D eigenvalue weighted by atomic mass is 9.99. The van der Waals surface area contributed by atoms with Crippen molar-refractivity contribution in [2.45, 2.75) is 19.4 Å². The van der Waals surface area contributed by atoms with Crippen molar-refractivity contribution in [3.63, 3.8) is 0 Å². The van der Waals surface area contributed by atoms with Gasteiger partial charge < -0.3 is 15.0 Å². The summed E-state index contributed by atoms with van der Waals surface area (Å²) in [4.78, 5) is 25.5. The van der Waals surface area contributed by atoms with Crippen LogP contribution in [0, 0.1) is 0 Å². The van der Waals surface area contributed by atoms with Crippen LogP contribution in [0.1, 0.15) is 22.3 Å². The Bertz CT molecular complexity index is 1070. The molecule has 6 heteroatoms. The number of amides is 1. The number of pyridine rings is 1. The molecule has 4 rings (SSSR count). The molecular formula is C19H15ClN2O3. The number of nitrogens with zero attached hydrogens (tertiary/aromatic N) is 1. The van der Waals surface area contributed by atoms with Gasteiger partial charge in [0.25, 0.3) is 11.5 Å². The monoisotopic (exact) mass is 354 g/mol. The van der Waals surface area contributed by atoms with Crippen molar-refractivity contribution in [1.29, 1.82) is 0 Å². The number of benzene rings is 2. The van der Waals surface area contributed by atoms with Crippen molar-refractivity contribution in [2.24, 2.45) is 0 Å². The first kappa shape index (κ1) is 15.7. The van der Waals surface area contributed by atoms with Crippen LogP contribution in [0.5, 0.6) is 5.75 Å². The molecule has 1 aliphatic heterocycles. The van der Waals surface area contributed by atoms with Crippen LogP contribution in [0.25, 0.3) is 10.9 Å². The summed E-state index contributed by atoms with van der Waals surface area (Å²) >= 11 is 6.06. The van der Waals surface area contributed by atoms with E-state index in [0.29, 0.717) is 28.2 Å². The van der Waals surface area contributed by atoms with Crippen molar-refractivity contribution in [2.75, 3.05) is 5.32 Å². The van der Waals surface area contributed by atoms with Crippen LogP contribution in [0.4, 0.5) is 5.69 Å². The van der Waals surface area contributed by atoms with E-state index in [0.717, 1.165) is 18.4 Å². The Morgan fingerprint density at radius 3 is 2.76 bits per heavy atom. The topological polar surface area (TPSA) is 71.3 Å². The molecule has 126 valence electrons. The van der Waals surface area contributed by atoms with Crippen LogP contribution in [0.15, 0.2) is 47.3 Å². The molecule has 1 aliphatic rings. The highest BCUT2D eigenvalue weighted by atomic mass is 35.5. The van der Waals surface area contributed by atoms with E-state index in [1.54, 1.807) is 34.9 Å². The van der Waals surface area contributed by atoms with Gasteiger partial charge in [-0.05, 0) is 36.6 Å². The average molecular weight is 355 g/mol. The van der Waals surface area contributed by atoms with E-state index in [4.69, 9.17) is 11.6 Å². The van der Waals surface area contributed by atoms with Crippen LogP contribution < -0.4 is 10.9 Å². The first-order chi connectivity index (χ1) is 12.1. The SMILES string of the molecule is O=C(Nc1ccccc1Cl)c1c(O)c2cccc3c2n(c1=O)CCC3. The molecule has 0 aliphatic carbocycles. The van der Waals surface area contributed by atoms with Gasteiger partial charge in [0.05, 0.1) is 16.2 Å². The van der Waals surface area contributed by atoms with E-state index < -0.39 is 11.5 Å². The summed E-state index contributed by atoms with van der Waals surface area (Å²) in [5, 5.41) is 14.1. The fraction of sp³-hybridized carbons (Fsp3) is 0.158. The van der Waals surface area contributed by atoms with Gasteiger partial charge in [-0.2, -0.15) is 0 Å². The molecule has 2 aromatic carbocycles. The molecule has 5 nitrogen and oxygen atoms in total. The van der Waals surface area contributed by atoms with Gasteiger partial charge in [0.2, 0.25) is 0 Å². The molecule has 0 saturated heterocycles. The fourth-order valence-electron chi connectivity index (χ4n) is 3.37. The summed E-state index contributed by atoms with van der Waals surface area (Å²) in [5.74, 6) is -0.957. The number of aromatic hydroxyl groups is 1. The van der Waals surface area contributed by atoms with Crippen molar-refractivity contribution in [3.8, 4) is 5.75 Å². The molecule has 0 bridgehead atoms. The van der Waals surface area contributed by atoms with Gasteiger partial charge in [-0.1, -0.05) is 35.9 Å². The van der Waals surface area contributed by atoms with E-state index in [9.17, 15) is 14.7 Å². The zero-order chi connectivity index (χ0) is 17.6. The third-order valence-corrected chi connectivity index (χ3v) is 4.85. The third-order valence-electron chi connectivity index (χ3n) is 4.52. The Labute approximate surface area is 148 Å². The summed E-state index contributed by atoms with van der Waals surface area (Å²) in [6.07, 6.45) is 1.67. The third kappa shape index (κ3) is 2.48. The van der Waals surface area contributed by atoms with Crippen LogP contribution in [0.2, 0.25) is 5.02 Å². The molecule has 1 aromatic heterocycles. The Balaban J connectivity index is 1.90. The molecule has 0 saturated carbocycles. The number of carbonyl (C=O) groups excluding carboxylic acids is 1. The van der Waals surface area contributed by atoms with Gasteiger partial charge in [-0.25, -0.2) is 0 Å². The minimum Gasteiger partial charge on any atom is -0.506 e. The number of rotatable bonds is 2. The van der Waals surface area contributed by atoms with Crippen LogP contribution >= 0.6 is 11.6 Å². The van der Waals surface area contributed by atoms with Gasteiger partial charge in [0, 0.05) is 11.9 Å². The van der Waals surface area contributed by atoms with E-state index in [1.165, 1.54) is 0 Å². The number of nitrogens with one attached hydrogen (secondary N) is 1. The largest absolute Gasteiger partial charge is 0.506 e. The maximum Gasteiger partial charge on any atom is 0.267 e. The lowest BCUT2D eigenvalue weighted by Gasteiger charge is -2.21. The fourth-order valence-corrected chi connectivity index (χ4v) is 3.55. The quantitative estimate of drug-likeness (QED) is 0.739. The van der Waals surface area contributed by atoms with Crippen molar-refractivity contribution < 1.29 is 9.90 Å². The molecule has 25 heavy (non-hydrogen) atoms. The molecule has 0 spiro atoms. The van der Waals surface area contributed by atoms with Crippen molar-refractivity contribution in [1.82, 2.24) is 4.57 Å². The normalized spacial score (nSPS) is 13.0. The van der Waals surface area contributed by atoms with Crippen LogP contribution in [0.3, 0.4) is 0 Å². The molecule has 0 atom stereocenters. The average Bonchev–Trinajstić information content (AvgIpc) is 2.61. The summed E-state index contributed by atoms with van der Waals surface area (Å²) in [6.45, 7) is 0.527. The van der Waals surface area contributed by atoms with E-state index >= 15 is 0 Å². The lowest BCUT2D eigenvalue weighted by molar-refractivity contribution is 0.102. The number of para-hydroxylation sites is 2. The number of halogens is 1. The highest BCUT2D eigenvalue weighted by Gasteiger charge is 2.25. The molecule has 2 N–H and O–H groups in total. The Kier molecular flexibility index (Phi) is 3.73. The predicted octanol–water partition coefficient (Wildman–Crippen LogP) is 3.56. The molecule has 2 heterocycles. The second-order valence-electron chi connectivity index (χ2n) is 6.03. The van der Waals surface area contributed by atoms with Gasteiger partial charge in [-0.3, -0.25) is 9.59 Å². The maximum atomic E-state index is 12.8. The molecule has 1 amide bonds. The molecule has 0 radical (unpaired) electrons. The molecule has 0 fully saturated rings. The molecular weight excluding hydrogens is 340 g/mol. The first-order valence-electron chi connectivity index (χ1n) is 8.01. The second-order valence-corrected chi connectivity index (χ2v) is 6.44. The van der Waals surface area contributed by atoms with Gasteiger partial charge in [-0.15, -0.1) is 0 Å². The summed E-state index contributed by atoms with van der Waals surface area (Å²) < 4.78 is 1.58. The van der Waals surface area contributed by atoms with E-state index in [-0.39, 0.29) is 11.3 Å². The summed E-state index contributed by atoms with van der Waals surface area (Å²) in [7, 11) is 0. The van der Waals surface area contributed by atoms with E-state index in [1.807, 2.05) is 12.1 Å². The second kappa shape index (κ2) is 5.93. The number of anilines is 1. The molecule has 0 unspecified atom stereocenters.